The second kappa shape index (κ2) is 19.1. The highest BCUT2D eigenvalue weighted by molar-refractivity contribution is 6.11. The first-order chi connectivity index (χ1) is 36.5. The molecule has 9 aromatic rings. The number of aromatic nitrogens is 2. The normalized spacial score (nSPS) is 13.9. The molecule has 0 unspecified atom stereocenters. The molecule has 2 nitrogen and oxygen atoms in total. The molecule has 2 heterocycles. The van der Waals surface area contributed by atoms with Crippen LogP contribution >= 0.6 is 0 Å². The minimum Gasteiger partial charge on any atom is -0.309 e. The lowest BCUT2D eigenvalue weighted by Gasteiger charge is -2.34. The van der Waals surface area contributed by atoms with E-state index in [9.17, 15) is 0 Å². The van der Waals surface area contributed by atoms with E-state index in [1.165, 1.54) is 122 Å². The molecule has 80 heavy (non-hydrogen) atoms. The van der Waals surface area contributed by atoms with Crippen LogP contribution in [-0.2, 0) is 55.2 Å². The van der Waals surface area contributed by atoms with Crippen LogP contribution in [0.2, 0.25) is 0 Å². The van der Waals surface area contributed by atoms with Gasteiger partial charge in [0.1, 0.15) is 0 Å². The van der Waals surface area contributed by atoms with E-state index in [2.05, 4.69) is 310 Å². The zero-order chi connectivity index (χ0) is 59.2. The summed E-state index contributed by atoms with van der Waals surface area (Å²) in [6.45, 7) is 61.9. The average Bonchev–Trinajstić information content (AvgIpc) is 4.06. The van der Waals surface area contributed by atoms with Gasteiger partial charge < -0.3 is 9.13 Å². The summed E-state index contributed by atoms with van der Waals surface area (Å²) < 4.78 is 5.29. The number of rotatable bonds is 6. The molecule has 0 radical (unpaired) electrons. The van der Waals surface area contributed by atoms with Crippen LogP contribution in [-0.4, -0.2) is 9.13 Å². The highest BCUT2D eigenvalue weighted by Crippen LogP contribution is 2.49. The van der Waals surface area contributed by atoms with Gasteiger partial charge in [0, 0.05) is 21.5 Å². The van der Waals surface area contributed by atoms with Gasteiger partial charge in [0.15, 0.2) is 0 Å². The zero-order valence-corrected chi connectivity index (χ0v) is 54.6. The summed E-state index contributed by atoms with van der Waals surface area (Å²) in [7, 11) is 0. The zero-order valence-electron chi connectivity index (χ0n) is 54.6. The van der Waals surface area contributed by atoms with Gasteiger partial charge in [-0.2, -0.15) is 0 Å². The lowest BCUT2D eigenvalue weighted by atomic mass is 9.73. The van der Waals surface area contributed by atoms with Crippen LogP contribution in [0, 0.1) is 0 Å². The second-order valence-electron chi connectivity index (χ2n) is 33.2. The van der Waals surface area contributed by atoms with Crippen LogP contribution < -0.4 is 0 Å². The van der Waals surface area contributed by atoms with Crippen molar-refractivity contribution in [3.05, 3.63) is 177 Å². The molecule has 422 valence electrons. The monoisotopic (exact) mass is 1060 g/mol. The van der Waals surface area contributed by atoms with Crippen LogP contribution in [0.5, 0.6) is 0 Å². The molecule has 0 bridgehead atoms. The molecule has 0 aliphatic rings. The van der Waals surface area contributed by atoms with Gasteiger partial charge >= 0.3 is 0 Å². The van der Waals surface area contributed by atoms with E-state index >= 15 is 0 Å². The van der Waals surface area contributed by atoms with Gasteiger partial charge in [-0.3, -0.25) is 0 Å². The van der Waals surface area contributed by atoms with Crippen LogP contribution in [0.15, 0.2) is 121 Å². The van der Waals surface area contributed by atoms with Crippen molar-refractivity contribution in [3.8, 4) is 22.5 Å². The van der Waals surface area contributed by atoms with E-state index in [0.29, 0.717) is 0 Å². The van der Waals surface area contributed by atoms with Crippen molar-refractivity contribution in [2.75, 3.05) is 0 Å². The van der Waals surface area contributed by atoms with Gasteiger partial charge in [-0.05, 0) is 177 Å². The Balaban J connectivity index is 1.37. The maximum Gasteiger partial charge on any atom is 0.0541 e. The highest BCUT2D eigenvalue weighted by Gasteiger charge is 2.35. The number of hydrogen-bond donors (Lipinski definition) is 0. The molecule has 0 saturated carbocycles. The van der Waals surface area contributed by atoms with Crippen molar-refractivity contribution in [1.29, 1.82) is 0 Å². The molecule has 9 rings (SSSR count). The molecule has 0 saturated heterocycles. The molecular formula is C78H100N2. The van der Waals surface area contributed by atoms with Crippen molar-refractivity contribution in [3.63, 3.8) is 0 Å². The van der Waals surface area contributed by atoms with E-state index in [1.54, 1.807) is 0 Å². The molecule has 0 aliphatic heterocycles. The van der Waals surface area contributed by atoms with Gasteiger partial charge in [0.25, 0.3) is 0 Å². The van der Waals surface area contributed by atoms with Crippen molar-refractivity contribution in [1.82, 2.24) is 9.13 Å². The maximum absolute atomic E-state index is 2.70. The Kier molecular flexibility index (Phi) is 14.0. The van der Waals surface area contributed by atoms with Crippen molar-refractivity contribution >= 4 is 43.6 Å². The topological polar surface area (TPSA) is 9.86 Å². The van der Waals surface area contributed by atoms with E-state index in [-0.39, 0.29) is 48.7 Å². The Bertz CT molecular complexity index is 3770. The predicted octanol–water partition coefficient (Wildman–Crippen LogP) is 22.4. The molecule has 2 heteroatoms. The summed E-state index contributed by atoms with van der Waals surface area (Å²) in [5.74, 6) is 0. The van der Waals surface area contributed by atoms with Crippen LogP contribution in [0.25, 0.3) is 66.1 Å². The van der Waals surface area contributed by atoms with Crippen molar-refractivity contribution < 1.29 is 0 Å². The number of hydrogen-bond acceptors (Lipinski definition) is 0. The molecule has 0 atom stereocenters. The largest absolute Gasteiger partial charge is 0.309 e. The quantitative estimate of drug-likeness (QED) is 0.157. The second-order valence-corrected chi connectivity index (χ2v) is 33.2. The minimum absolute atomic E-state index is 0.00660. The van der Waals surface area contributed by atoms with Crippen molar-refractivity contribution in [2.45, 2.75) is 235 Å². The number of benzene rings is 7. The smallest absolute Gasteiger partial charge is 0.0541 e. The standard InChI is InChI=1S/C78H100N2/c1-70(2,3)50-31-36-62-57(43-50)60-46-53(34-39-63(60)79(62)66-29-27-28-61(75(16,17)18)68(66)77(22,23)24)78(25,26)47-48-30-35-56(49-40-54(73(10,11)12)42-55(41-49)74(13,14)15)67(76(19,20)21)69(48)80-64-37-32-51(71(4,5)6)44-58(64)59-45-52(72(7,8)9)33-38-65(59)80/h27-46H,47H2,1-26H3. The Labute approximate surface area is 484 Å². The molecular weight excluding hydrogens is 965 g/mol. The van der Waals surface area contributed by atoms with Gasteiger partial charge in [-0.25, -0.2) is 0 Å². The van der Waals surface area contributed by atoms with Gasteiger partial charge in [0.05, 0.1) is 33.4 Å². The summed E-state index contributed by atoms with van der Waals surface area (Å²) in [5, 5.41) is 5.26. The first-order valence-electron chi connectivity index (χ1n) is 30.1. The molecule has 7 aromatic carbocycles. The molecule has 0 aliphatic carbocycles. The molecule has 0 fully saturated rings. The highest BCUT2D eigenvalue weighted by atomic mass is 15.0. The number of nitrogens with zero attached hydrogens (tertiary/aromatic N) is 2. The van der Waals surface area contributed by atoms with Gasteiger partial charge in [0.2, 0.25) is 0 Å². The Hall–Kier alpha value is -5.86. The first-order valence-corrected chi connectivity index (χ1v) is 30.1. The fraction of sp³-hybridized carbons (Fsp3) is 0.462. The fourth-order valence-electron chi connectivity index (χ4n) is 12.8. The fourth-order valence-corrected chi connectivity index (χ4v) is 12.8. The molecule has 2 aromatic heterocycles. The first kappa shape index (κ1) is 58.8. The summed E-state index contributed by atoms with van der Waals surface area (Å²) in [4.78, 5) is 0. The third-order valence-electron chi connectivity index (χ3n) is 17.6. The third-order valence-corrected chi connectivity index (χ3v) is 17.6. The minimum atomic E-state index is -0.276. The average molecular weight is 1070 g/mol. The van der Waals surface area contributed by atoms with Crippen LogP contribution in [0.3, 0.4) is 0 Å². The van der Waals surface area contributed by atoms with Gasteiger partial charge in [-0.1, -0.05) is 247 Å². The lowest BCUT2D eigenvalue weighted by molar-refractivity contribution is 0.519. The van der Waals surface area contributed by atoms with E-state index in [4.69, 9.17) is 0 Å². The Morgan fingerprint density at radius 3 is 1.05 bits per heavy atom. The predicted molar refractivity (Wildman–Crippen MR) is 353 cm³/mol. The molecule has 0 amide bonds. The summed E-state index contributed by atoms with van der Waals surface area (Å²) in [5.41, 5.74) is 23.2. The van der Waals surface area contributed by atoms with Crippen LogP contribution in [0.4, 0.5) is 0 Å². The van der Waals surface area contributed by atoms with Gasteiger partial charge in [-0.15, -0.1) is 0 Å². The van der Waals surface area contributed by atoms with E-state index < -0.39 is 0 Å². The van der Waals surface area contributed by atoms with Crippen LogP contribution in [0.1, 0.15) is 236 Å². The maximum atomic E-state index is 2.70. The number of fused-ring (bicyclic) bond motifs is 6. The summed E-state index contributed by atoms with van der Waals surface area (Å²) in [6.07, 6.45) is 0.835. The summed E-state index contributed by atoms with van der Waals surface area (Å²) >= 11 is 0. The Morgan fingerprint density at radius 2 is 0.675 bits per heavy atom. The van der Waals surface area contributed by atoms with Crippen molar-refractivity contribution in [2.24, 2.45) is 0 Å². The Morgan fingerprint density at radius 1 is 0.300 bits per heavy atom. The molecule has 0 spiro atoms. The van der Waals surface area contributed by atoms with E-state index in [0.717, 1.165) is 6.42 Å². The lowest BCUT2D eigenvalue weighted by Crippen LogP contribution is -2.24. The third kappa shape index (κ3) is 10.8. The SMILES string of the molecule is CC(C)(C)c1cc(-c2ccc(CC(C)(C)c3ccc4c(c3)c3cc(C(C)(C)C)ccc3n4-c3cccc(C(C)(C)C)c3C(C)(C)C)c(-n3c4ccc(C(C)(C)C)cc4c4cc(C(C)(C)C)ccc43)c2C(C)(C)C)cc(C(C)(C)C)c1. The summed E-state index contributed by atoms with van der Waals surface area (Å²) in [6, 6.07) is 49.0. The van der Waals surface area contributed by atoms with E-state index in [1.807, 2.05) is 0 Å². The molecule has 0 N–H and O–H groups in total.